The minimum Gasteiger partial charge on any atom is -0.383 e. The van der Waals surface area contributed by atoms with Crippen LogP contribution in [0, 0.1) is 0 Å². The first-order valence-electron chi connectivity index (χ1n) is 3.63. The first-order valence-corrected chi connectivity index (χ1v) is 3.63. The van der Waals surface area contributed by atoms with E-state index in [4.69, 9.17) is 17.2 Å². The van der Waals surface area contributed by atoms with Gasteiger partial charge in [-0.2, -0.15) is 4.98 Å². The zero-order chi connectivity index (χ0) is 10.7. The predicted octanol–water partition coefficient (Wildman–Crippen LogP) is -1.57. The van der Waals surface area contributed by atoms with Crippen LogP contribution in [-0.2, 0) is 4.79 Å². The number of nitrogens with zero attached hydrogens (tertiary/aromatic N) is 1. The molecule has 7 N–H and O–H groups in total. The molecule has 1 amide bonds. The molecule has 14 heavy (non-hydrogen) atoms. The third-order valence-electron chi connectivity index (χ3n) is 1.42. The summed E-state index contributed by atoms with van der Waals surface area (Å²) >= 11 is 0. The average molecular weight is 195 g/mol. The van der Waals surface area contributed by atoms with E-state index in [-0.39, 0.29) is 17.3 Å². The molecule has 7 heteroatoms. The van der Waals surface area contributed by atoms with E-state index in [2.05, 4.69) is 9.97 Å². The number of carbonyl (C=O) groups is 1. The van der Waals surface area contributed by atoms with Gasteiger partial charge < -0.3 is 17.2 Å². The number of carbonyl (C=O) groups excluding carboxylic acids is 1. The van der Waals surface area contributed by atoms with Crippen molar-refractivity contribution in [1.29, 1.82) is 0 Å². The molecule has 0 aliphatic heterocycles. The molecule has 0 saturated heterocycles. The van der Waals surface area contributed by atoms with Gasteiger partial charge in [-0.3, -0.25) is 14.6 Å². The number of hydrogen-bond acceptors (Lipinski definition) is 5. The number of primary amides is 1. The number of nitrogen functional groups attached to an aromatic ring is 2. The van der Waals surface area contributed by atoms with E-state index in [1.54, 1.807) is 0 Å². The van der Waals surface area contributed by atoms with Crippen LogP contribution in [0.3, 0.4) is 0 Å². The number of H-pyrrole nitrogens is 1. The van der Waals surface area contributed by atoms with Crippen molar-refractivity contribution in [2.45, 2.75) is 0 Å². The molecule has 0 aliphatic rings. The molecule has 0 unspecified atom stereocenters. The number of hydrogen-bond donors (Lipinski definition) is 4. The molecular weight excluding hydrogens is 186 g/mol. The lowest BCUT2D eigenvalue weighted by Gasteiger charge is -1.98. The van der Waals surface area contributed by atoms with E-state index < -0.39 is 11.5 Å². The van der Waals surface area contributed by atoms with Crippen LogP contribution in [0.4, 0.5) is 11.8 Å². The van der Waals surface area contributed by atoms with Crippen LogP contribution >= 0.6 is 0 Å². The molecular formula is C7H9N5O2. The van der Waals surface area contributed by atoms with Crippen molar-refractivity contribution in [3.05, 3.63) is 22.0 Å². The fraction of sp³-hybridized carbons (Fsp3) is 0. The topological polar surface area (TPSA) is 141 Å². The van der Waals surface area contributed by atoms with Crippen molar-refractivity contribution in [1.82, 2.24) is 9.97 Å². The molecule has 0 spiro atoms. The first kappa shape index (κ1) is 9.78. The Morgan fingerprint density at radius 2 is 2.07 bits per heavy atom. The van der Waals surface area contributed by atoms with Crippen molar-refractivity contribution in [2.24, 2.45) is 5.73 Å². The molecule has 0 bridgehead atoms. The van der Waals surface area contributed by atoms with Gasteiger partial charge in [0, 0.05) is 6.08 Å². The maximum absolute atomic E-state index is 11.2. The zero-order valence-electron chi connectivity index (χ0n) is 7.15. The standard InChI is InChI=1S/C7H9N5O2/c8-4(13)2-1-3-5(9)11-7(10)12-6(3)14/h1-2H,(H2,8,13)(H5,9,10,11,12,14)/b2-1+. The summed E-state index contributed by atoms with van der Waals surface area (Å²) < 4.78 is 0. The van der Waals surface area contributed by atoms with Crippen LogP contribution in [0.2, 0.25) is 0 Å². The maximum Gasteiger partial charge on any atom is 0.261 e. The maximum atomic E-state index is 11.2. The Hall–Kier alpha value is -2.31. The Balaban J connectivity index is 3.22. The van der Waals surface area contributed by atoms with Crippen LogP contribution in [0.1, 0.15) is 5.56 Å². The summed E-state index contributed by atoms with van der Waals surface area (Å²) in [5.41, 5.74) is 15.0. The predicted molar refractivity (Wildman–Crippen MR) is 51.9 cm³/mol. The Labute approximate surface area is 78.6 Å². The van der Waals surface area contributed by atoms with Gasteiger partial charge in [0.15, 0.2) is 0 Å². The smallest absolute Gasteiger partial charge is 0.261 e. The van der Waals surface area contributed by atoms with Crippen molar-refractivity contribution >= 4 is 23.7 Å². The van der Waals surface area contributed by atoms with Gasteiger partial charge >= 0.3 is 0 Å². The van der Waals surface area contributed by atoms with Gasteiger partial charge in [-0.25, -0.2) is 0 Å². The highest BCUT2D eigenvalue weighted by Crippen LogP contribution is 2.04. The van der Waals surface area contributed by atoms with Crippen LogP contribution in [-0.4, -0.2) is 15.9 Å². The lowest BCUT2D eigenvalue weighted by molar-refractivity contribution is -0.113. The minimum absolute atomic E-state index is 0.0521. The SMILES string of the molecule is NC(=O)/C=C/c1c(N)nc(N)[nH]c1=O. The molecule has 0 aliphatic carbocycles. The number of aromatic nitrogens is 2. The van der Waals surface area contributed by atoms with Crippen LogP contribution in [0.25, 0.3) is 6.08 Å². The summed E-state index contributed by atoms with van der Waals surface area (Å²) in [6.07, 6.45) is 2.20. The van der Waals surface area contributed by atoms with E-state index in [0.29, 0.717) is 0 Å². The molecule has 7 nitrogen and oxygen atoms in total. The van der Waals surface area contributed by atoms with E-state index in [9.17, 15) is 9.59 Å². The molecule has 0 saturated carbocycles. The summed E-state index contributed by atoms with van der Waals surface area (Å²) in [5, 5.41) is 0. The van der Waals surface area contributed by atoms with E-state index >= 15 is 0 Å². The summed E-state index contributed by atoms with van der Waals surface area (Å²) in [4.78, 5) is 27.5. The number of nitrogens with two attached hydrogens (primary N) is 3. The second kappa shape index (κ2) is 3.60. The molecule has 1 aromatic rings. The molecule has 74 valence electrons. The second-order valence-corrected chi connectivity index (χ2v) is 2.49. The van der Waals surface area contributed by atoms with E-state index in [1.807, 2.05) is 0 Å². The van der Waals surface area contributed by atoms with Gasteiger partial charge in [-0.05, 0) is 6.08 Å². The van der Waals surface area contributed by atoms with Gasteiger partial charge in [0.25, 0.3) is 5.56 Å². The minimum atomic E-state index is -0.680. The van der Waals surface area contributed by atoms with Crippen molar-refractivity contribution < 1.29 is 4.79 Å². The molecule has 0 atom stereocenters. The summed E-state index contributed by atoms with van der Waals surface area (Å²) in [7, 11) is 0. The Bertz CT molecular complexity index is 448. The highest BCUT2D eigenvalue weighted by atomic mass is 16.1. The monoisotopic (exact) mass is 195 g/mol. The third-order valence-corrected chi connectivity index (χ3v) is 1.42. The second-order valence-electron chi connectivity index (χ2n) is 2.49. The molecule has 1 aromatic heterocycles. The number of aromatic amines is 1. The van der Waals surface area contributed by atoms with Crippen LogP contribution in [0.15, 0.2) is 10.9 Å². The Morgan fingerprint density at radius 3 is 2.57 bits per heavy atom. The quantitative estimate of drug-likeness (QED) is 0.422. The molecule has 0 aromatic carbocycles. The van der Waals surface area contributed by atoms with Gasteiger partial charge in [-0.15, -0.1) is 0 Å². The summed E-state index contributed by atoms with van der Waals surface area (Å²) in [5.74, 6) is -0.812. The molecule has 0 fully saturated rings. The van der Waals surface area contributed by atoms with E-state index in [1.165, 1.54) is 6.08 Å². The van der Waals surface area contributed by atoms with E-state index in [0.717, 1.165) is 6.08 Å². The van der Waals surface area contributed by atoms with Crippen molar-refractivity contribution in [2.75, 3.05) is 11.5 Å². The lowest BCUT2D eigenvalue weighted by Crippen LogP contribution is -2.17. The molecule has 1 rings (SSSR count). The first-order chi connectivity index (χ1) is 6.50. The molecule has 1 heterocycles. The van der Waals surface area contributed by atoms with Gasteiger partial charge in [0.1, 0.15) is 5.82 Å². The largest absolute Gasteiger partial charge is 0.383 e. The van der Waals surface area contributed by atoms with Crippen molar-refractivity contribution in [3.63, 3.8) is 0 Å². The summed E-state index contributed by atoms with van der Waals surface area (Å²) in [6, 6.07) is 0. The van der Waals surface area contributed by atoms with Crippen LogP contribution in [0.5, 0.6) is 0 Å². The Kier molecular flexibility index (Phi) is 2.52. The Morgan fingerprint density at radius 1 is 1.43 bits per heavy atom. The number of amides is 1. The number of nitrogens with one attached hydrogen (secondary N) is 1. The summed E-state index contributed by atoms with van der Waals surface area (Å²) in [6.45, 7) is 0. The highest BCUT2D eigenvalue weighted by molar-refractivity contribution is 5.90. The normalized spacial score (nSPS) is 10.6. The van der Waals surface area contributed by atoms with Gasteiger partial charge in [0.2, 0.25) is 11.9 Å². The van der Waals surface area contributed by atoms with Gasteiger partial charge in [-0.1, -0.05) is 0 Å². The number of anilines is 2. The highest BCUT2D eigenvalue weighted by Gasteiger charge is 2.03. The van der Waals surface area contributed by atoms with Crippen LogP contribution < -0.4 is 22.8 Å². The van der Waals surface area contributed by atoms with Crippen molar-refractivity contribution in [3.8, 4) is 0 Å². The van der Waals surface area contributed by atoms with Gasteiger partial charge in [0.05, 0.1) is 5.56 Å². The fourth-order valence-electron chi connectivity index (χ4n) is 0.844. The number of rotatable bonds is 2. The third kappa shape index (κ3) is 2.09. The lowest BCUT2D eigenvalue weighted by atomic mass is 10.2. The zero-order valence-corrected chi connectivity index (χ0v) is 7.15. The molecule has 0 radical (unpaired) electrons. The average Bonchev–Trinajstić information content (AvgIpc) is 2.01. The fourth-order valence-corrected chi connectivity index (χ4v) is 0.844.